The molecule has 5 rings (SSSR count). The van der Waals surface area contributed by atoms with Gasteiger partial charge in [-0.2, -0.15) is 0 Å². The van der Waals surface area contributed by atoms with E-state index in [2.05, 4.69) is 12.1 Å². The van der Waals surface area contributed by atoms with E-state index in [1.165, 1.54) is 0 Å². The predicted molar refractivity (Wildman–Crippen MR) is 123 cm³/mol. The number of halogens is 1. The van der Waals surface area contributed by atoms with Crippen molar-refractivity contribution in [2.24, 2.45) is 0 Å². The Morgan fingerprint density at radius 2 is 1.88 bits per heavy atom. The summed E-state index contributed by atoms with van der Waals surface area (Å²) in [6.45, 7) is 3.17. The van der Waals surface area contributed by atoms with Gasteiger partial charge in [0.05, 0.1) is 17.6 Å². The minimum atomic E-state index is -0.507. The van der Waals surface area contributed by atoms with E-state index >= 15 is 0 Å². The highest BCUT2D eigenvalue weighted by Crippen LogP contribution is 2.41. The quantitative estimate of drug-likeness (QED) is 0.675. The highest BCUT2D eigenvalue weighted by atomic mass is 35.5. The minimum Gasteiger partial charge on any atom is -0.488 e. The van der Waals surface area contributed by atoms with Crippen LogP contribution in [-0.2, 0) is 19.7 Å². The van der Waals surface area contributed by atoms with Gasteiger partial charge in [0.2, 0.25) is 5.91 Å². The first-order chi connectivity index (χ1) is 15.6. The van der Waals surface area contributed by atoms with Gasteiger partial charge in [-0.3, -0.25) is 4.79 Å². The molecule has 3 heterocycles. The summed E-state index contributed by atoms with van der Waals surface area (Å²) < 4.78 is 18.1. The standard InChI is InChI=1S/C26H30ClNO4/c27-21-8-4-9-22(16-21)32-23-17-25(31-18-23)10-5-13-28(19-25)24(29)26(11-14-30-15-12-26)20-6-2-1-3-7-20/h1-4,6-9,16,23H,5,10-15,17-19H2/t23-,25+/m1/s1. The highest BCUT2D eigenvalue weighted by Gasteiger charge is 2.50. The second kappa shape index (κ2) is 9.05. The Balaban J connectivity index is 1.31. The van der Waals surface area contributed by atoms with E-state index in [1.807, 2.05) is 47.4 Å². The third-order valence-electron chi connectivity index (χ3n) is 7.18. The smallest absolute Gasteiger partial charge is 0.233 e. The first-order valence-corrected chi connectivity index (χ1v) is 12.0. The first-order valence-electron chi connectivity index (χ1n) is 11.6. The number of piperidine rings is 1. The Morgan fingerprint density at radius 3 is 2.66 bits per heavy atom. The summed E-state index contributed by atoms with van der Waals surface area (Å²) >= 11 is 6.10. The molecule has 0 aliphatic carbocycles. The molecule has 3 aliphatic heterocycles. The summed E-state index contributed by atoms with van der Waals surface area (Å²) in [6, 6.07) is 17.7. The number of hydrogen-bond acceptors (Lipinski definition) is 4. The number of likely N-dealkylation sites (tertiary alicyclic amines) is 1. The molecule has 1 spiro atoms. The number of nitrogens with zero attached hydrogens (tertiary/aromatic N) is 1. The summed E-state index contributed by atoms with van der Waals surface area (Å²) in [5.74, 6) is 0.978. The van der Waals surface area contributed by atoms with Crippen LogP contribution in [0.1, 0.15) is 37.7 Å². The third kappa shape index (κ3) is 4.26. The average Bonchev–Trinajstić information content (AvgIpc) is 3.20. The van der Waals surface area contributed by atoms with Crippen LogP contribution in [0, 0.1) is 0 Å². The Kier molecular flexibility index (Phi) is 6.15. The summed E-state index contributed by atoms with van der Waals surface area (Å²) in [6.07, 6.45) is 4.09. The third-order valence-corrected chi connectivity index (χ3v) is 7.42. The lowest BCUT2D eigenvalue weighted by molar-refractivity contribution is -0.149. The molecule has 3 saturated heterocycles. The molecule has 0 unspecified atom stereocenters. The zero-order valence-corrected chi connectivity index (χ0v) is 19.1. The van der Waals surface area contributed by atoms with Crippen molar-refractivity contribution in [1.82, 2.24) is 4.90 Å². The molecule has 1 amide bonds. The lowest BCUT2D eigenvalue weighted by atomic mass is 9.72. The van der Waals surface area contributed by atoms with Crippen LogP contribution in [0.2, 0.25) is 5.02 Å². The van der Waals surface area contributed by atoms with Crippen LogP contribution in [0.5, 0.6) is 5.75 Å². The maximum atomic E-state index is 14.0. The van der Waals surface area contributed by atoms with E-state index in [4.69, 9.17) is 25.8 Å². The number of benzene rings is 2. The maximum absolute atomic E-state index is 14.0. The van der Waals surface area contributed by atoms with Crippen LogP contribution < -0.4 is 4.74 Å². The van der Waals surface area contributed by atoms with Crippen molar-refractivity contribution in [3.8, 4) is 5.75 Å². The van der Waals surface area contributed by atoms with Gasteiger partial charge in [-0.1, -0.05) is 48.0 Å². The molecular formula is C26H30ClNO4. The second-order valence-electron chi connectivity index (χ2n) is 9.29. The molecule has 0 bridgehead atoms. The molecule has 3 fully saturated rings. The van der Waals surface area contributed by atoms with Crippen molar-refractivity contribution in [1.29, 1.82) is 0 Å². The average molecular weight is 456 g/mol. The Hall–Kier alpha value is -2.08. The molecule has 6 heteroatoms. The summed E-state index contributed by atoms with van der Waals surface area (Å²) in [5, 5.41) is 0.660. The largest absolute Gasteiger partial charge is 0.488 e. The van der Waals surface area contributed by atoms with E-state index in [9.17, 15) is 4.79 Å². The van der Waals surface area contributed by atoms with Gasteiger partial charge >= 0.3 is 0 Å². The van der Waals surface area contributed by atoms with Gasteiger partial charge in [-0.05, 0) is 49.4 Å². The molecule has 3 aliphatic rings. The zero-order chi connectivity index (χ0) is 22.0. The lowest BCUT2D eigenvalue weighted by Crippen LogP contribution is -2.56. The molecule has 2 aromatic carbocycles. The van der Waals surface area contributed by atoms with Gasteiger partial charge in [-0.25, -0.2) is 0 Å². The molecule has 2 aromatic rings. The molecular weight excluding hydrogens is 426 g/mol. The monoisotopic (exact) mass is 455 g/mol. The Morgan fingerprint density at radius 1 is 1.06 bits per heavy atom. The topological polar surface area (TPSA) is 48.0 Å². The van der Waals surface area contributed by atoms with Crippen LogP contribution in [0.3, 0.4) is 0 Å². The fraction of sp³-hybridized carbons (Fsp3) is 0.500. The SMILES string of the molecule is O=C(N1CCC[C@]2(C[C@@H](Oc3cccc(Cl)c3)CO2)C1)C1(c2ccccc2)CCOCC1. The fourth-order valence-corrected chi connectivity index (χ4v) is 5.75. The molecule has 0 radical (unpaired) electrons. The van der Waals surface area contributed by atoms with Crippen LogP contribution in [0.15, 0.2) is 54.6 Å². The van der Waals surface area contributed by atoms with Gasteiger partial charge in [0, 0.05) is 37.7 Å². The fourth-order valence-electron chi connectivity index (χ4n) is 5.57. The van der Waals surface area contributed by atoms with Crippen molar-refractivity contribution >= 4 is 17.5 Å². The van der Waals surface area contributed by atoms with Gasteiger partial charge in [0.1, 0.15) is 11.9 Å². The van der Waals surface area contributed by atoms with Crippen molar-refractivity contribution in [2.45, 2.75) is 49.2 Å². The van der Waals surface area contributed by atoms with Crippen molar-refractivity contribution < 1.29 is 19.0 Å². The molecule has 2 atom stereocenters. The number of carbonyl (C=O) groups excluding carboxylic acids is 1. The van der Waals surface area contributed by atoms with Crippen LogP contribution in [-0.4, -0.2) is 55.4 Å². The van der Waals surface area contributed by atoms with E-state index in [1.54, 1.807) is 0 Å². The number of carbonyl (C=O) groups is 1. The van der Waals surface area contributed by atoms with Gasteiger partial charge in [0.15, 0.2) is 0 Å². The molecule has 170 valence electrons. The summed E-state index contributed by atoms with van der Waals surface area (Å²) in [7, 11) is 0. The zero-order valence-electron chi connectivity index (χ0n) is 18.3. The Labute approximate surface area is 194 Å². The van der Waals surface area contributed by atoms with Gasteiger partial charge in [-0.15, -0.1) is 0 Å². The molecule has 0 N–H and O–H groups in total. The molecule has 32 heavy (non-hydrogen) atoms. The number of ether oxygens (including phenoxy) is 3. The van der Waals surface area contributed by atoms with Crippen molar-refractivity contribution in [2.75, 3.05) is 32.9 Å². The van der Waals surface area contributed by atoms with Crippen LogP contribution in [0.4, 0.5) is 0 Å². The van der Waals surface area contributed by atoms with Gasteiger partial charge < -0.3 is 19.1 Å². The molecule has 0 aromatic heterocycles. The Bertz CT molecular complexity index is 946. The van der Waals surface area contributed by atoms with E-state index in [0.717, 1.165) is 50.0 Å². The van der Waals surface area contributed by atoms with Crippen molar-refractivity contribution in [3.63, 3.8) is 0 Å². The number of rotatable bonds is 4. The predicted octanol–water partition coefficient (Wildman–Crippen LogP) is 4.62. The molecule has 5 nitrogen and oxygen atoms in total. The number of amides is 1. The minimum absolute atomic E-state index is 0.0327. The molecule has 0 saturated carbocycles. The number of hydrogen-bond donors (Lipinski definition) is 0. The summed E-state index contributed by atoms with van der Waals surface area (Å²) in [5.41, 5.74) is 0.260. The van der Waals surface area contributed by atoms with Crippen molar-refractivity contribution in [3.05, 3.63) is 65.2 Å². The van der Waals surface area contributed by atoms with Crippen LogP contribution >= 0.6 is 11.6 Å². The van der Waals surface area contributed by atoms with E-state index in [-0.39, 0.29) is 17.6 Å². The highest BCUT2D eigenvalue weighted by molar-refractivity contribution is 6.30. The second-order valence-corrected chi connectivity index (χ2v) is 9.72. The summed E-state index contributed by atoms with van der Waals surface area (Å²) in [4.78, 5) is 16.0. The van der Waals surface area contributed by atoms with E-state index in [0.29, 0.717) is 31.4 Å². The van der Waals surface area contributed by atoms with Crippen LogP contribution in [0.25, 0.3) is 0 Å². The lowest BCUT2D eigenvalue weighted by Gasteiger charge is -2.45. The van der Waals surface area contributed by atoms with E-state index < -0.39 is 5.41 Å². The van der Waals surface area contributed by atoms with Gasteiger partial charge in [0.25, 0.3) is 0 Å². The first kappa shape index (κ1) is 21.7. The normalized spacial score (nSPS) is 27.4. The maximum Gasteiger partial charge on any atom is 0.233 e.